The molecule has 3 heteroatoms. The van der Waals surface area contributed by atoms with E-state index >= 15 is 0 Å². The van der Waals surface area contributed by atoms with Crippen molar-refractivity contribution in [2.45, 2.75) is 19.6 Å². The van der Waals surface area contributed by atoms with Gasteiger partial charge in [0.05, 0.1) is 0 Å². The Bertz CT molecular complexity index is 757. The molecule has 1 unspecified atom stereocenters. The third-order valence-electron chi connectivity index (χ3n) is 3.70. The molecule has 1 N–H and O–H groups in total. The van der Waals surface area contributed by atoms with E-state index in [1.54, 1.807) is 6.20 Å². The molecule has 0 aliphatic rings. The second-order valence-corrected chi connectivity index (χ2v) is 5.48. The molecular formula is C20H19NO2. The Labute approximate surface area is 136 Å². The highest BCUT2D eigenvalue weighted by atomic mass is 16.5. The van der Waals surface area contributed by atoms with Crippen LogP contribution in [0.2, 0.25) is 0 Å². The van der Waals surface area contributed by atoms with Crippen molar-refractivity contribution in [2.24, 2.45) is 0 Å². The van der Waals surface area contributed by atoms with Gasteiger partial charge in [0.25, 0.3) is 0 Å². The maximum absolute atomic E-state index is 10.4. The van der Waals surface area contributed by atoms with Crippen molar-refractivity contribution in [3.05, 3.63) is 95.2 Å². The number of hydrogen-bond acceptors (Lipinski definition) is 3. The van der Waals surface area contributed by atoms with Crippen LogP contribution in [0.15, 0.2) is 72.9 Å². The van der Waals surface area contributed by atoms with Crippen LogP contribution in [0.3, 0.4) is 0 Å². The molecule has 3 nitrogen and oxygen atoms in total. The Kier molecular flexibility index (Phi) is 4.69. The summed E-state index contributed by atoms with van der Waals surface area (Å²) >= 11 is 0. The van der Waals surface area contributed by atoms with E-state index in [-0.39, 0.29) is 0 Å². The summed E-state index contributed by atoms with van der Waals surface area (Å²) in [6.07, 6.45) is 0.996. The molecule has 23 heavy (non-hydrogen) atoms. The van der Waals surface area contributed by atoms with Crippen LogP contribution in [0.4, 0.5) is 0 Å². The summed E-state index contributed by atoms with van der Waals surface area (Å²) in [6.45, 7) is 2.42. The van der Waals surface area contributed by atoms with Crippen LogP contribution in [0, 0.1) is 6.92 Å². The lowest BCUT2D eigenvalue weighted by molar-refractivity contribution is 0.219. The molecule has 3 rings (SSSR count). The van der Waals surface area contributed by atoms with Gasteiger partial charge < -0.3 is 9.84 Å². The van der Waals surface area contributed by atoms with E-state index in [4.69, 9.17) is 4.74 Å². The number of pyridine rings is 1. The maximum atomic E-state index is 10.4. The topological polar surface area (TPSA) is 42.4 Å². The molecule has 1 aromatic heterocycles. The highest BCUT2D eigenvalue weighted by molar-refractivity contribution is 5.34. The predicted octanol–water partition coefficient (Wildman–Crippen LogP) is 4.05. The number of hydrogen-bond donors (Lipinski definition) is 1. The minimum Gasteiger partial charge on any atom is -0.473 e. The monoisotopic (exact) mass is 305 g/mol. The van der Waals surface area contributed by atoms with Crippen molar-refractivity contribution in [1.29, 1.82) is 0 Å². The van der Waals surface area contributed by atoms with Crippen LogP contribution >= 0.6 is 0 Å². The number of rotatable bonds is 5. The first kappa shape index (κ1) is 15.3. The summed E-state index contributed by atoms with van der Waals surface area (Å²) in [5.74, 6) is 0.595. The highest BCUT2D eigenvalue weighted by Crippen LogP contribution is 2.25. The molecule has 0 spiro atoms. The van der Waals surface area contributed by atoms with Crippen LogP contribution in [0.25, 0.3) is 0 Å². The first-order valence-electron chi connectivity index (χ1n) is 7.60. The molecule has 0 saturated carbocycles. The van der Waals surface area contributed by atoms with E-state index in [0.717, 1.165) is 22.3 Å². The quantitative estimate of drug-likeness (QED) is 0.773. The van der Waals surface area contributed by atoms with Gasteiger partial charge in [0, 0.05) is 17.3 Å². The SMILES string of the molecule is Cc1cc(C(O)c2ccccc2)cnc1OCc1ccccc1. The minimum atomic E-state index is -0.675. The Morgan fingerprint density at radius 3 is 2.26 bits per heavy atom. The van der Waals surface area contributed by atoms with Gasteiger partial charge in [-0.25, -0.2) is 4.98 Å². The zero-order valence-electron chi connectivity index (χ0n) is 13.0. The molecule has 0 amide bonds. The summed E-state index contributed by atoms with van der Waals surface area (Å²) in [5.41, 5.74) is 3.63. The van der Waals surface area contributed by atoms with Gasteiger partial charge in [-0.2, -0.15) is 0 Å². The third-order valence-corrected chi connectivity index (χ3v) is 3.70. The molecule has 0 bridgehead atoms. The van der Waals surface area contributed by atoms with E-state index < -0.39 is 6.10 Å². The standard InChI is InChI=1S/C20H19NO2/c1-15-12-18(19(22)17-10-6-3-7-11-17)13-21-20(15)23-14-16-8-4-2-5-9-16/h2-13,19,22H,14H2,1H3. The Hall–Kier alpha value is -2.65. The van der Waals surface area contributed by atoms with Gasteiger partial charge in [0.1, 0.15) is 12.7 Å². The van der Waals surface area contributed by atoms with Crippen molar-refractivity contribution in [3.63, 3.8) is 0 Å². The van der Waals surface area contributed by atoms with Gasteiger partial charge in [0.15, 0.2) is 0 Å². The summed E-state index contributed by atoms with van der Waals surface area (Å²) in [7, 11) is 0. The van der Waals surface area contributed by atoms with Crippen LogP contribution in [-0.2, 0) is 6.61 Å². The Balaban J connectivity index is 1.73. The van der Waals surface area contributed by atoms with Gasteiger partial charge in [-0.3, -0.25) is 0 Å². The summed E-state index contributed by atoms with van der Waals surface area (Å²) in [5, 5.41) is 10.4. The third kappa shape index (κ3) is 3.76. The highest BCUT2D eigenvalue weighted by Gasteiger charge is 2.12. The van der Waals surface area contributed by atoms with Gasteiger partial charge in [-0.15, -0.1) is 0 Å². The zero-order valence-corrected chi connectivity index (χ0v) is 13.0. The number of aromatic nitrogens is 1. The molecule has 0 saturated heterocycles. The van der Waals surface area contributed by atoms with Crippen molar-refractivity contribution in [2.75, 3.05) is 0 Å². The average Bonchev–Trinajstić information content (AvgIpc) is 2.61. The number of nitrogens with zero attached hydrogens (tertiary/aromatic N) is 1. The molecule has 116 valence electrons. The van der Waals surface area contributed by atoms with E-state index in [1.165, 1.54) is 0 Å². The number of ether oxygens (including phenoxy) is 1. The van der Waals surface area contributed by atoms with Gasteiger partial charge in [-0.05, 0) is 24.1 Å². The molecule has 1 heterocycles. The van der Waals surface area contributed by atoms with Crippen molar-refractivity contribution in [1.82, 2.24) is 4.98 Å². The van der Waals surface area contributed by atoms with Gasteiger partial charge in [0.2, 0.25) is 5.88 Å². The molecular weight excluding hydrogens is 286 g/mol. The van der Waals surface area contributed by atoms with Gasteiger partial charge >= 0.3 is 0 Å². The fraction of sp³-hybridized carbons (Fsp3) is 0.150. The summed E-state index contributed by atoms with van der Waals surface area (Å²) in [6, 6.07) is 21.5. The zero-order chi connectivity index (χ0) is 16.1. The maximum Gasteiger partial charge on any atom is 0.216 e. The van der Waals surface area contributed by atoms with Crippen LogP contribution in [0.5, 0.6) is 5.88 Å². The van der Waals surface area contributed by atoms with E-state index in [2.05, 4.69) is 4.98 Å². The molecule has 0 radical (unpaired) electrons. The number of aryl methyl sites for hydroxylation is 1. The molecule has 0 aliphatic heterocycles. The van der Waals surface area contributed by atoms with E-state index in [1.807, 2.05) is 73.7 Å². The van der Waals surface area contributed by atoms with Crippen LogP contribution < -0.4 is 4.74 Å². The normalized spacial score (nSPS) is 11.9. The predicted molar refractivity (Wildman–Crippen MR) is 90.3 cm³/mol. The fourth-order valence-corrected chi connectivity index (χ4v) is 2.44. The lowest BCUT2D eigenvalue weighted by atomic mass is 10.0. The largest absolute Gasteiger partial charge is 0.473 e. The molecule has 0 aliphatic carbocycles. The van der Waals surface area contributed by atoms with E-state index in [9.17, 15) is 5.11 Å². The van der Waals surface area contributed by atoms with Gasteiger partial charge in [-0.1, -0.05) is 60.7 Å². The average molecular weight is 305 g/mol. The number of benzene rings is 2. The second kappa shape index (κ2) is 7.07. The lowest BCUT2D eigenvalue weighted by Gasteiger charge is -2.14. The lowest BCUT2D eigenvalue weighted by Crippen LogP contribution is -2.03. The minimum absolute atomic E-state index is 0.481. The molecule has 3 aromatic rings. The fourth-order valence-electron chi connectivity index (χ4n) is 2.44. The molecule has 0 fully saturated rings. The Morgan fingerprint density at radius 2 is 1.61 bits per heavy atom. The van der Waals surface area contributed by atoms with Crippen molar-refractivity contribution in [3.8, 4) is 5.88 Å². The number of aliphatic hydroxyl groups is 1. The van der Waals surface area contributed by atoms with Crippen molar-refractivity contribution < 1.29 is 9.84 Å². The molecule has 1 atom stereocenters. The van der Waals surface area contributed by atoms with Crippen molar-refractivity contribution >= 4 is 0 Å². The smallest absolute Gasteiger partial charge is 0.216 e. The first-order chi connectivity index (χ1) is 11.2. The second-order valence-electron chi connectivity index (χ2n) is 5.48. The van der Waals surface area contributed by atoms with Crippen LogP contribution in [0.1, 0.15) is 28.4 Å². The summed E-state index contributed by atoms with van der Waals surface area (Å²) < 4.78 is 5.77. The first-order valence-corrected chi connectivity index (χ1v) is 7.60. The summed E-state index contributed by atoms with van der Waals surface area (Å²) in [4.78, 5) is 4.36. The van der Waals surface area contributed by atoms with E-state index in [0.29, 0.717) is 12.5 Å². The number of aliphatic hydroxyl groups excluding tert-OH is 1. The molecule has 2 aromatic carbocycles. The Morgan fingerprint density at radius 1 is 0.957 bits per heavy atom. The van der Waals surface area contributed by atoms with Crippen LogP contribution in [-0.4, -0.2) is 10.1 Å².